The van der Waals surface area contributed by atoms with Crippen LogP contribution >= 0.6 is 0 Å². The molecule has 3 unspecified atom stereocenters. The van der Waals surface area contributed by atoms with Gasteiger partial charge in [-0.25, -0.2) is 0 Å². The van der Waals surface area contributed by atoms with Crippen LogP contribution in [-0.2, 0) is 17.6 Å². The molecule has 0 heterocycles. The number of aliphatic hydroxyl groups is 1. The van der Waals surface area contributed by atoms with Crippen LogP contribution in [0.2, 0.25) is 0 Å². The summed E-state index contributed by atoms with van der Waals surface area (Å²) >= 11 is 0. The number of methoxy groups -OCH3 is 1. The Labute approximate surface area is 138 Å². The molecular formula is C19H27NO3. The van der Waals surface area contributed by atoms with Gasteiger partial charge in [-0.15, -0.1) is 0 Å². The number of aromatic hydroxyl groups is 1. The lowest BCUT2D eigenvalue weighted by Gasteiger charge is -2.38. The summed E-state index contributed by atoms with van der Waals surface area (Å²) in [6, 6.07) is 6.06. The normalized spacial score (nSPS) is 27.2. The molecule has 0 radical (unpaired) electrons. The maximum Gasteiger partial charge on any atom is 0.115 e. The summed E-state index contributed by atoms with van der Waals surface area (Å²) in [5.41, 5.74) is 2.67. The van der Waals surface area contributed by atoms with E-state index in [9.17, 15) is 5.11 Å². The third-order valence-corrected chi connectivity index (χ3v) is 5.37. The zero-order valence-corrected chi connectivity index (χ0v) is 13.8. The second-order valence-electron chi connectivity index (χ2n) is 6.70. The molecule has 0 saturated heterocycles. The van der Waals surface area contributed by atoms with Crippen molar-refractivity contribution in [3.8, 4) is 5.75 Å². The Kier molecular flexibility index (Phi) is 5.23. The van der Waals surface area contributed by atoms with Crippen LogP contribution in [0.5, 0.6) is 5.75 Å². The number of ether oxygens (including phenoxy) is 1. The maximum absolute atomic E-state index is 9.64. The van der Waals surface area contributed by atoms with Gasteiger partial charge in [0.25, 0.3) is 0 Å². The molecule has 2 aliphatic rings. The summed E-state index contributed by atoms with van der Waals surface area (Å²) in [4.78, 5) is 0. The lowest BCUT2D eigenvalue weighted by atomic mass is 9.71. The Morgan fingerprint density at radius 2 is 2.09 bits per heavy atom. The minimum Gasteiger partial charge on any atom is -0.508 e. The van der Waals surface area contributed by atoms with Gasteiger partial charge in [-0.2, -0.15) is 0 Å². The SMILES string of the molecule is COC1=CC(NCCO)C(C2CCc3cc(O)ccc3C2)CC1. The van der Waals surface area contributed by atoms with Crippen molar-refractivity contribution in [1.82, 2.24) is 5.32 Å². The van der Waals surface area contributed by atoms with Crippen molar-refractivity contribution >= 4 is 0 Å². The molecule has 3 atom stereocenters. The molecule has 1 aromatic carbocycles. The van der Waals surface area contributed by atoms with Crippen LogP contribution in [0.1, 0.15) is 30.4 Å². The Morgan fingerprint density at radius 1 is 1.22 bits per heavy atom. The Balaban J connectivity index is 1.74. The van der Waals surface area contributed by atoms with Gasteiger partial charge in [-0.3, -0.25) is 0 Å². The number of aryl methyl sites for hydroxylation is 1. The van der Waals surface area contributed by atoms with Crippen LogP contribution in [0.3, 0.4) is 0 Å². The maximum atomic E-state index is 9.64. The van der Waals surface area contributed by atoms with Gasteiger partial charge in [0.2, 0.25) is 0 Å². The zero-order chi connectivity index (χ0) is 16.2. The van der Waals surface area contributed by atoms with Crippen molar-refractivity contribution in [3.05, 3.63) is 41.2 Å². The standard InChI is InChI=1S/C19H27NO3/c1-23-17-6-7-18(19(12-17)20-8-9-21)15-3-2-14-11-16(22)5-4-13(14)10-15/h4-5,11-12,15,18-22H,2-3,6-10H2,1H3. The first-order valence-electron chi connectivity index (χ1n) is 8.61. The van der Waals surface area contributed by atoms with Crippen LogP contribution in [0, 0.1) is 11.8 Å². The first-order chi connectivity index (χ1) is 11.2. The predicted molar refractivity (Wildman–Crippen MR) is 90.3 cm³/mol. The molecule has 0 amide bonds. The number of rotatable bonds is 5. The highest BCUT2D eigenvalue weighted by Crippen LogP contribution is 2.38. The molecule has 0 aliphatic heterocycles. The molecule has 3 N–H and O–H groups in total. The molecule has 4 heteroatoms. The summed E-state index contributed by atoms with van der Waals surface area (Å²) in [5.74, 6) is 2.63. The molecule has 23 heavy (non-hydrogen) atoms. The molecule has 4 nitrogen and oxygen atoms in total. The number of nitrogens with one attached hydrogen (secondary N) is 1. The van der Waals surface area contributed by atoms with E-state index in [0.717, 1.165) is 37.9 Å². The van der Waals surface area contributed by atoms with E-state index in [0.29, 0.717) is 24.1 Å². The summed E-state index contributed by atoms with van der Waals surface area (Å²) in [7, 11) is 1.73. The summed E-state index contributed by atoms with van der Waals surface area (Å²) < 4.78 is 5.44. The third-order valence-electron chi connectivity index (χ3n) is 5.37. The van der Waals surface area contributed by atoms with E-state index < -0.39 is 0 Å². The Bertz CT molecular complexity index is 570. The first-order valence-corrected chi connectivity index (χ1v) is 8.61. The molecule has 0 fully saturated rings. The van der Waals surface area contributed by atoms with Gasteiger partial charge in [0.1, 0.15) is 5.75 Å². The van der Waals surface area contributed by atoms with E-state index in [1.807, 2.05) is 6.07 Å². The molecule has 0 saturated carbocycles. The number of benzene rings is 1. The quantitative estimate of drug-likeness (QED) is 0.780. The summed E-state index contributed by atoms with van der Waals surface area (Å²) in [6.45, 7) is 0.776. The Morgan fingerprint density at radius 3 is 2.87 bits per heavy atom. The van der Waals surface area contributed by atoms with E-state index in [-0.39, 0.29) is 12.6 Å². The van der Waals surface area contributed by atoms with Crippen molar-refractivity contribution in [3.63, 3.8) is 0 Å². The number of phenols is 1. The minimum absolute atomic E-state index is 0.159. The van der Waals surface area contributed by atoms with Crippen molar-refractivity contribution in [2.45, 2.75) is 38.1 Å². The lowest BCUT2D eigenvalue weighted by Crippen LogP contribution is -2.43. The number of hydrogen-bond donors (Lipinski definition) is 3. The lowest BCUT2D eigenvalue weighted by molar-refractivity contribution is 0.183. The van der Waals surface area contributed by atoms with E-state index in [2.05, 4.69) is 17.5 Å². The predicted octanol–water partition coefficient (Wildman–Crippen LogP) is 2.39. The summed E-state index contributed by atoms with van der Waals surface area (Å²) in [6.07, 6.45) is 7.61. The number of hydrogen-bond acceptors (Lipinski definition) is 4. The van der Waals surface area contributed by atoms with Crippen LogP contribution in [0.4, 0.5) is 0 Å². The summed E-state index contributed by atoms with van der Waals surface area (Å²) in [5, 5.41) is 22.2. The minimum atomic E-state index is 0.159. The average molecular weight is 317 g/mol. The van der Waals surface area contributed by atoms with Gasteiger partial charge in [0.15, 0.2) is 0 Å². The van der Waals surface area contributed by atoms with Crippen molar-refractivity contribution in [2.24, 2.45) is 11.8 Å². The van der Waals surface area contributed by atoms with Crippen molar-refractivity contribution in [2.75, 3.05) is 20.3 Å². The molecule has 0 aromatic heterocycles. The van der Waals surface area contributed by atoms with Crippen molar-refractivity contribution in [1.29, 1.82) is 0 Å². The molecule has 126 valence electrons. The highest BCUT2D eigenvalue weighted by Gasteiger charge is 2.33. The fourth-order valence-corrected chi connectivity index (χ4v) is 4.17. The molecular weight excluding hydrogens is 290 g/mol. The molecule has 3 rings (SSSR count). The molecule has 2 aliphatic carbocycles. The largest absolute Gasteiger partial charge is 0.508 e. The van der Waals surface area contributed by atoms with Crippen LogP contribution in [0.15, 0.2) is 30.0 Å². The van der Waals surface area contributed by atoms with Gasteiger partial charge >= 0.3 is 0 Å². The smallest absolute Gasteiger partial charge is 0.115 e. The van der Waals surface area contributed by atoms with E-state index in [1.54, 1.807) is 13.2 Å². The topological polar surface area (TPSA) is 61.7 Å². The van der Waals surface area contributed by atoms with Gasteiger partial charge < -0.3 is 20.3 Å². The van der Waals surface area contributed by atoms with Gasteiger partial charge in [-0.05, 0) is 66.9 Å². The number of allylic oxidation sites excluding steroid dienone is 1. The fraction of sp³-hybridized carbons (Fsp3) is 0.579. The molecule has 0 bridgehead atoms. The molecule has 1 aromatic rings. The number of fused-ring (bicyclic) bond motifs is 1. The average Bonchev–Trinajstić information content (AvgIpc) is 2.59. The van der Waals surface area contributed by atoms with Crippen LogP contribution in [0.25, 0.3) is 0 Å². The Hall–Kier alpha value is -1.52. The first kappa shape index (κ1) is 16.3. The number of aliphatic hydroxyl groups excluding tert-OH is 1. The zero-order valence-electron chi connectivity index (χ0n) is 13.8. The highest BCUT2D eigenvalue weighted by molar-refractivity contribution is 5.37. The van der Waals surface area contributed by atoms with E-state index >= 15 is 0 Å². The molecule has 0 spiro atoms. The van der Waals surface area contributed by atoms with Crippen LogP contribution in [-0.4, -0.2) is 36.5 Å². The van der Waals surface area contributed by atoms with Gasteiger partial charge in [0.05, 0.1) is 19.5 Å². The second kappa shape index (κ2) is 7.37. The third kappa shape index (κ3) is 3.70. The second-order valence-corrected chi connectivity index (χ2v) is 6.70. The van der Waals surface area contributed by atoms with E-state index in [1.165, 1.54) is 11.1 Å². The van der Waals surface area contributed by atoms with Crippen LogP contribution < -0.4 is 5.32 Å². The monoisotopic (exact) mass is 317 g/mol. The fourth-order valence-electron chi connectivity index (χ4n) is 4.17. The van der Waals surface area contributed by atoms with Gasteiger partial charge in [-0.1, -0.05) is 6.07 Å². The van der Waals surface area contributed by atoms with E-state index in [4.69, 9.17) is 9.84 Å². The number of phenolic OH excluding ortho intramolecular Hbond substituents is 1. The van der Waals surface area contributed by atoms with Crippen molar-refractivity contribution < 1.29 is 14.9 Å². The highest BCUT2D eigenvalue weighted by atomic mass is 16.5. The van der Waals surface area contributed by atoms with Gasteiger partial charge in [0, 0.05) is 19.0 Å².